The number of nitrogens with one attached hydrogen (secondary N) is 2. The lowest BCUT2D eigenvalue weighted by atomic mass is 10.1. The van der Waals surface area contributed by atoms with Crippen LogP contribution in [0.2, 0.25) is 0 Å². The standard InChI is InChI=1S/C13H17N5O2/c1-8-10(13(20)17-9(2)16-8)6-12(19)15-7-11-14-4-5-18(11)3/h4-5H,6-7H2,1-3H3,(H,15,19)(H,16,17,20). The van der Waals surface area contributed by atoms with E-state index in [9.17, 15) is 9.59 Å². The van der Waals surface area contributed by atoms with Gasteiger partial charge in [-0.3, -0.25) is 9.59 Å². The molecule has 0 aromatic carbocycles. The van der Waals surface area contributed by atoms with Crippen molar-refractivity contribution in [2.24, 2.45) is 7.05 Å². The third-order valence-electron chi connectivity index (χ3n) is 3.04. The first-order chi connectivity index (χ1) is 9.47. The molecule has 0 spiro atoms. The fourth-order valence-corrected chi connectivity index (χ4v) is 1.93. The van der Waals surface area contributed by atoms with Gasteiger partial charge in [0, 0.05) is 30.7 Å². The van der Waals surface area contributed by atoms with Crippen LogP contribution in [-0.4, -0.2) is 25.4 Å². The molecule has 7 nitrogen and oxygen atoms in total. The number of amides is 1. The molecule has 0 radical (unpaired) electrons. The number of rotatable bonds is 4. The van der Waals surface area contributed by atoms with Crippen molar-refractivity contribution in [3.05, 3.63) is 45.7 Å². The van der Waals surface area contributed by atoms with E-state index in [1.807, 2.05) is 11.6 Å². The van der Waals surface area contributed by atoms with Crippen molar-refractivity contribution < 1.29 is 4.79 Å². The monoisotopic (exact) mass is 275 g/mol. The minimum atomic E-state index is -0.262. The van der Waals surface area contributed by atoms with E-state index in [4.69, 9.17) is 0 Å². The number of carbonyl (C=O) groups excluding carboxylic acids is 1. The molecule has 106 valence electrons. The van der Waals surface area contributed by atoms with Crippen LogP contribution < -0.4 is 10.9 Å². The zero-order valence-corrected chi connectivity index (χ0v) is 11.7. The van der Waals surface area contributed by atoms with E-state index in [0.717, 1.165) is 5.82 Å². The van der Waals surface area contributed by atoms with Gasteiger partial charge in [-0.05, 0) is 13.8 Å². The number of carbonyl (C=O) groups is 1. The lowest BCUT2D eigenvalue weighted by molar-refractivity contribution is -0.120. The highest BCUT2D eigenvalue weighted by Crippen LogP contribution is 2.00. The Labute approximate surface area is 116 Å². The summed E-state index contributed by atoms with van der Waals surface area (Å²) in [6.45, 7) is 3.77. The minimum absolute atomic E-state index is 0.0128. The van der Waals surface area contributed by atoms with Crippen molar-refractivity contribution >= 4 is 5.91 Å². The number of H-pyrrole nitrogens is 1. The Kier molecular flexibility index (Phi) is 3.97. The zero-order valence-electron chi connectivity index (χ0n) is 11.7. The summed E-state index contributed by atoms with van der Waals surface area (Å²) < 4.78 is 1.83. The van der Waals surface area contributed by atoms with E-state index in [0.29, 0.717) is 23.6 Å². The first-order valence-corrected chi connectivity index (χ1v) is 6.26. The largest absolute Gasteiger partial charge is 0.349 e. The molecule has 0 saturated heterocycles. The molecule has 0 aliphatic heterocycles. The second kappa shape index (κ2) is 5.68. The predicted molar refractivity (Wildman–Crippen MR) is 73.1 cm³/mol. The number of imidazole rings is 1. The molecule has 2 aromatic rings. The third-order valence-corrected chi connectivity index (χ3v) is 3.04. The highest BCUT2D eigenvalue weighted by atomic mass is 16.2. The summed E-state index contributed by atoms with van der Waals surface area (Å²) in [5.74, 6) is 1.07. The third kappa shape index (κ3) is 3.11. The number of aryl methyl sites for hydroxylation is 3. The Balaban J connectivity index is 2.02. The summed E-state index contributed by atoms with van der Waals surface area (Å²) in [5, 5.41) is 2.74. The number of nitrogens with zero attached hydrogens (tertiary/aromatic N) is 3. The van der Waals surface area contributed by atoms with Gasteiger partial charge in [-0.2, -0.15) is 0 Å². The summed E-state index contributed by atoms with van der Waals surface area (Å²) in [4.78, 5) is 34.5. The van der Waals surface area contributed by atoms with Crippen LogP contribution in [0.25, 0.3) is 0 Å². The number of hydrogen-bond donors (Lipinski definition) is 2. The fraction of sp³-hybridized carbons (Fsp3) is 0.385. The Morgan fingerprint density at radius 3 is 2.80 bits per heavy atom. The summed E-state index contributed by atoms with van der Waals surface area (Å²) in [7, 11) is 1.85. The molecule has 7 heteroatoms. The van der Waals surface area contributed by atoms with Crippen LogP contribution in [0.5, 0.6) is 0 Å². The van der Waals surface area contributed by atoms with Crippen molar-refractivity contribution in [2.75, 3.05) is 0 Å². The fourth-order valence-electron chi connectivity index (χ4n) is 1.93. The van der Waals surface area contributed by atoms with Gasteiger partial charge in [0.15, 0.2) is 0 Å². The van der Waals surface area contributed by atoms with Gasteiger partial charge < -0.3 is 14.9 Å². The van der Waals surface area contributed by atoms with Crippen LogP contribution in [-0.2, 0) is 24.8 Å². The highest BCUT2D eigenvalue weighted by Gasteiger charge is 2.12. The van der Waals surface area contributed by atoms with E-state index in [1.165, 1.54) is 0 Å². The van der Waals surface area contributed by atoms with Gasteiger partial charge in [-0.15, -0.1) is 0 Å². The molecular weight excluding hydrogens is 258 g/mol. The van der Waals surface area contributed by atoms with Gasteiger partial charge in [0.05, 0.1) is 13.0 Å². The van der Waals surface area contributed by atoms with Crippen LogP contribution in [0.1, 0.15) is 22.9 Å². The van der Waals surface area contributed by atoms with Gasteiger partial charge in [0.2, 0.25) is 5.91 Å². The van der Waals surface area contributed by atoms with Gasteiger partial charge in [0.25, 0.3) is 5.56 Å². The molecule has 0 unspecified atom stereocenters. The molecule has 0 atom stereocenters. The lowest BCUT2D eigenvalue weighted by Crippen LogP contribution is -2.29. The molecule has 20 heavy (non-hydrogen) atoms. The van der Waals surface area contributed by atoms with Crippen molar-refractivity contribution in [3.63, 3.8) is 0 Å². The average Bonchev–Trinajstić information content (AvgIpc) is 2.77. The van der Waals surface area contributed by atoms with Crippen LogP contribution in [0.3, 0.4) is 0 Å². The molecule has 1 amide bonds. The van der Waals surface area contributed by atoms with Gasteiger partial charge in [-0.25, -0.2) is 9.97 Å². The Morgan fingerprint density at radius 2 is 2.20 bits per heavy atom. The normalized spacial score (nSPS) is 10.6. The minimum Gasteiger partial charge on any atom is -0.349 e. The SMILES string of the molecule is Cc1nc(C)c(CC(=O)NCc2nccn2C)c(=O)[nH]1. The molecule has 2 rings (SSSR count). The summed E-state index contributed by atoms with van der Waals surface area (Å²) in [6, 6.07) is 0. The second-order valence-electron chi connectivity index (χ2n) is 4.62. The quantitative estimate of drug-likeness (QED) is 0.820. The lowest BCUT2D eigenvalue weighted by Gasteiger charge is -2.07. The summed E-state index contributed by atoms with van der Waals surface area (Å²) in [5.41, 5.74) is 0.716. The number of aromatic nitrogens is 4. The number of hydrogen-bond acceptors (Lipinski definition) is 4. The number of aromatic amines is 1. The van der Waals surface area contributed by atoms with Crippen molar-refractivity contribution in [2.45, 2.75) is 26.8 Å². The molecule has 0 bridgehead atoms. The zero-order chi connectivity index (χ0) is 14.7. The molecule has 2 N–H and O–H groups in total. The van der Waals surface area contributed by atoms with Gasteiger partial charge in [-0.1, -0.05) is 0 Å². The topological polar surface area (TPSA) is 92.7 Å². The van der Waals surface area contributed by atoms with Gasteiger partial charge in [0.1, 0.15) is 11.6 Å². The van der Waals surface area contributed by atoms with Gasteiger partial charge >= 0.3 is 0 Å². The molecule has 0 saturated carbocycles. The summed E-state index contributed by atoms with van der Waals surface area (Å²) >= 11 is 0. The van der Waals surface area contributed by atoms with Crippen LogP contribution >= 0.6 is 0 Å². The van der Waals surface area contributed by atoms with E-state index in [1.54, 1.807) is 26.2 Å². The summed E-state index contributed by atoms with van der Waals surface area (Å²) in [6.07, 6.45) is 3.49. The molecule has 2 aromatic heterocycles. The first kappa shape index (κ1) is 14.0. The molecule has 0 fully saturated rings. The van der Waals surface area contributed by atoms with E-state index < -0.39 is 0 Å². The Bertz CT molecular complexity index is 686. The molecule has 0 aliphatic carbocycles. The highest BCUT2D eigenvalue weighted by molar-refractivity contribution is 5.78. The Morgan fingerprint density at radius 1 is 1.45 bits per heavy atom. The van der Waals surface area contributed by atoms with Crippen molar-refractivity contribution in [3.8, 4) is 0 Å². The molecular formula is C13H17N5O2. The van der Waals surface area contributed by atoms with E-state index in [2.05, 4.69) is 20.3 Å². The van der Waals surface area contributed by atoms with Crippen molar-refractivity contribution in [1.82, 2.24) is 24.8 Å². The van der Waals surface area contributed by atoms with Crippen LogP contribution in [0, 0.1) is 13.8 Å². The van der Waals surface area contributed by atoms with E-state index in [-0.39, 0.29) is 17.9 Å². The van der Waals surface area contributed by atoms with Crippen LogP contribution in [0.15, 0.2) is 17.2 Å². The maximum Gasteiger partial charge on any atom is 0.254 e. The van der Waals surface area contributed by atoms with Crippen LogP contribution in [0.4, 0.5) is 0 Å². The molecule has 2 heterocycles. The Hall–Kier alpha value is -2.44. The molecule has 0 aliphatic rings. The van der Waals surface area contributed by atoms with E-state index >= 15 is 0 Å². The van der Waals surface area contributed by atoms with Crippen molar-refractivity contribution in [1.29, 1.82) is 0 Å². The average molecular weight is 275 g/mol. The predicted octanol–water partition coefficient (Wildman–Crippen LogP) is -0.0209. The first-order valence-electron chi connectivity index (χ1n) is 6.26. The maximum atomic E-state index is 11.9. The maximum absolute atomic E-state index is 11.9. The smallest absolute Gasteiger partial charge is 0.254 e. The second-order valence-corrected chi connectivity index (χ2v) is 4.62.